The lowest BCUT2D eigenvalue weighted by Crippen LogP contribution is -2.46. The van der Waals surface area contributed by atoms with Crippen molar-refractivity contribution in [1.29, 1.82) is 0 Å². The van der Waals surface area contributed by atoms with Crippen molar-refractivity contribution in [2.24, 2.45) is 10.9 Å². The number of morpholine rings is 1. The Morgan fingerprint density at radius 1 is 1.18 bits per heavy atom. The molecule has 1 rings (SSSR count). The normalized spacial score (nSPS) is 18.5. The molecule has 1 aliphatic rings. The minimum atomic E-state index is 0.519. The van der Waals surface area contributed by atoms with Crippen LogP contribution in [-0.2, 0) is 4.74 Å². The highest BCUT2D eigenvalue weighted by Gasteiger charge is 2.21. The van der Waals surface area contributed by atoms with Crippen LogP contribution in [0.5, 0.6) is 0 Å². The second kappa shape index (κ2) is 11.7. The van der Waals surface area contributed by atoms with Crippen molar-refractivity contribution in [2.75, 3.05) is 45.9 Å². The van der Waals surface area contributed by atoms with Gasteiger partial charge in [-0.25, -0.2) is 0 Å². The first-order chi connectivity index (χ1) is 10.7. The van der Waals surface area contributed by atoms with Crippen molar-refractivity contribution >= 4 is 5.96 Å². The van der Waals surface area contributed by atoms with Gasteiger partial charge in [-0.3, -0.25) is 9.89 Å². The fraction of sp³-hybridized carbons (Fsp3) is 0.941. The van der Waals surface area contributed by atoms with E-state index >= 15 is 0 Å². The summed E-state index contributed by atoms with van der Waals surface area (Å²) in [6.45, 7) is 15.5. The summed E-state index contributed by atoms with van der Waals surface area (Å²) < 4.78 is 5.48. The van der Waals surface area contributed by atoms with E-state index in [9.17, 15) is 0 Å². The zero-order valence-corrected chi connectivity index (χ0v) is 15.0. The highest BCUT2D eigenvalue weighted by Crippen LogP contribution is 2.14. The number of nitrogens with zero attached hydrogens (tertiary/aromatic N) is 2. The maximum absolute atomic E-state index is 5.48. The van der Waals surface area contributed by atoms with E-state index in [0.29, 0.717) is 12.0 Å². The molecular formula is C17H36N4O. The number of aliphatic imine (C=N–C) groups is 1. The first kappa shape index (κ1) is 19.2. The third-order valence-corrected chi connectivity index (χ3v) is 3.93. The van der Waals surface area contributed by atoms with E-state index in [-0.39, 0.29) is 0 Å². The van der Waals surface area contributed by atoms with Crippen molar-refractivity contribution in [3.63, 3.8) is 0 Å². The van der Waals surface area contributed by atoms with Gasteiger partial charge in [0.1, 0.15) is 0 Å². The molecule has 22 heavy (non-hydrogen) atoms. The molecule has 0 aliphatic carbocycles. The number of ether oxygens (including phenoxy) is 1. The Balaban J connectivity index is 2.57. The molecule has 1 saturated heterocycles. The van der Waals surface area contributed by atoms with Gasteiger partial charge in [0.15, 0.2) is 5.96 Å². The molecule has 2 N–H and O–H groups in total. The van der Waals surface area contributed by atoms with Crippen molar-refractivity contribution in [3.05, 3.63) is 0 Å². The van der Waals surface area contributed by atoms with Crippen LogP contribution < -0.4 is 10.6 Å². The molecule has 1 atom stereocenters. The molecule has 5 heteroatoms. The standard InChI is InChI=1S/C17H36N4O/c1-5-7-8-19-17(18-6-2)20-14-16(13-15(3)4)21-9-11-22-12-10-21/h15-16H,5-14H2,1-4H3,(H2,18,19,20). The Bertz CT molecular complexity index is 301. The number of hydrogen-bond donors (Lipinski definition) is 2. The van der Waals surface area contributed by atoms with Gasteiger partial charge in [-0.2, -0.15) is 0 Å². The summed E-state index contributed by atoms with van der Waals surface area (Å²) in [7, 11) is 0. The predicted octanol–water partition coefficient (Wildman–Crippen LogP) is 2.09. The molecule has 0 aromatic carbocycles. The van der Waals surface area contributed by atoms with Crippen LogP contribution in [0, 0.1) is 5.92 Å². The van der Waals surface area contributed by atoms with Crippen molar-refractivity contribution in [3.8, 4) is 0 Å². The lowest BCUT2D eigenvalue weighted by Gasteiger charge is -2.34. The smallest absolute Gasteiger partial charge is 0.191 e. The Hall–Kier alpha value is -0.810. The van der Waals surface area contributed by atoms with Crippen LogP contribution in [0.4, 0.5) is 0 Å². The minimum absolute atomic E-state index is 0.519. The topological polar surface area (TPSA) is 48.9 Å². The van der Waals surface area contributed by atoms with Gasteiger partial charge in [0, 0.05) is 32.2 Å². The minimum Gasteiger partial charge on any atom is -0.379 e. The van der Waals surface area contributed by atoms with Crippen LogP contribution in [0.1, 0.15) is 47.0 Å². The summed E-state index contributed by atoms with van der Waals surface area (Å²) in [6, 6.07) is 0.519. The second-order valence-corrected chi connectivity index (χ2v) is 6.43. The molecule has 1 unspecified atom stereocenters. The summed E-state index contributed by atoms with van der Waals surface area (Å²) in [6.07, 6.45) is 3.58. The monoisotopic (exact) mass is 312 g/mol. The maximum Gasteiger partial charge on any atom is 0.191 e. The molecular weight excluding hydrogens is 276 g/mol. The molecule has 0 aromatic rings. The van der Waals surface area contributed by atoms with E-state index in [1.165, 1.54) is 19.3 Å². The maximum atomic E-state index is 5.48. The molecule has 1 fully saturated rings. The summed E-state index contributed by atoms with van der Waals surface area (Å²) in [5, 5.41) is 6.78. The number of unbranched alkanes of at least 4 members (excludes halogenated alkanes) is 1. The summed E-state index contributed by atoms with van der Waals surface area (Å²) in [4.78, 5) is 7.37. The lowest BCUT2D eigenvalue weighted by molar-refractivity contribution is 0.0143. The lowest BCUT2D eigenvalue weighted by atomic mass is 10.0. The molecule has 0 radical (unpaired) electrons. The van der Waals surface area contributed by atoms with Gasteiger partial charge in [-0.05, 0) is 25.7 Å². The summed E-state index contributed by atoms with van der Waals surface area (Å²) >= 11 is 0. The number of guanidine groups is 1. The second-order valence-electron chi connectivity index (χ2n) is 6.43. The SMILES string of the molecule is CCCCNC(=NCC(CC(C)C)N1CCOCC1)NCC. The predicted molar refractivity (Wildman–Crippen MR) is 94.5 cm³/mol. The average molecular weight is 313 g/mol. The largest absolute Gasteiger partial charge is 0.379 e. The van der Waals surface area contributed by atoms with Crippen LogP contribution in [-0.4, -0.2) is 62.8 Å². The van der Waals surface area contributed by atoms with Gasteiger partial charge in [0.2, 0.25) is 0 Å². The van der Waals surface area contributed by atoms with E-state index in [0.717, 1.165) is 51.9 Å². The highest BCUT2D eigenvalue weighted by molar-refractivity contribution is 5.79. The molecule has 0 spiro atoms. The van der Waals surface area contributed by atoms with E-state index in [4.69, 9.17) is 9.73 Å². The Labute approximate surface area is 136 Å². The number of rotatable bonds is 9. The van der Waals surface area contributed by atoms with E-state index < -0.39 is 0 Å². The first-order valence-electron chi connectivity index (χ1n) is 9.01. The molecule has 0 aromatic heterocycles. The van der Waals surface area contributed by atoms with E-state index in [1.54, 1.807) is 0 Å². The summed E-state index contributed by atoms with van der Waals surface area (Å²) in [5.41, 5.74) is 0. The molecule has 0 bridgehead atoms. The third kappa shape index (κ3) is 7.99. The molecule has 1 aliphatic heterocycles. The van der Waals surface area contributed by atoms with Crippen LogP contribution in [0.25, 0.3) is 0 Å². The zero-order chi connectivity index (χ0) is 16.2. The third-order valence-electron chi connectivity index (χ3n) is 3.93. The molecule has 130 valence electrons. The molecule has 5 nitrogen and oxygen atoms in total. The number of nitrogens with one attached hydrogen (secondary N) is 2. The van der Waals surface area contributed by atoms with Crippen molar-refractivity contribution in [2.45, 2.75) is 53.0 Å². The van der Waals surface area contributed by atoms with Crippen molar-refractivity contribution in [1.82, 2.24) is 15.5 Å². The molecule has 0 saturated carbocycles. The fourth-order valence-electron chi connectivity index (χ4n) is 2.75. The van der Waals surface area contributed by atoms with Crippen LogP contribution in [0.2, 0.25) is 0 Å². The Morgan fingerprint density at radius 2 is 1.91 bits per heavy atom. The van der Waals surface area contributed by atoms with Gasteiger partial charge in [-0.1, -0.05) is 27.2 Å². The van der Waals surface area contributed by atoms with Crippen LogP contribution in [0.15, 0.2) is 4.99 Å². The molecule has 1 heterocycles. The van der Waals surface area contributed by atoms with Crippen LogP contribution in [0.3, 0.4) is 0 Å². The first-order valence-corrected chi connectivity index (χ1v) is 9.01. The van der Waals surface area contributed by atoms with Crippen molar-refractivity contribution < 1.29 is 4.74 Å². The Kier molecular flexibility index (Phi) is 10.2. The average Bonchev–Trinajstić information content (AvgIpc) is 2.52. The highest BCUT2D eigenvalue weighted by atomic mass is 16.5. The van der Waals surface area contributed by atoms with Gasteiger partial charge in [0.05, 0.1) is 19.8 Å². The zero-order valence-electron chi connectivity index (χ0n) is 15.0. The van der Waals surface area contributed by atoms with Gasteiger partial charge in [-0.15, -0.1) is 0 Å². The van der Waals surface area contributed by atoms with Crippen LogP contribution >= 0.6 is 0 Å². The van der Waals surface area contributed by atoms with Gasteiger partial charge in [0.25, 0.3) is 0 Å². The van der Waals surface area contributed by atoms with Gasteiger partial charge >= 0.3 is 0 Å². The molecule has 0 amide bonds. The summed E-state index contributed by atoms with van der Waals surface area (Å²) in [5.74, 6) is 1.65. The van der Waals surface area contributed by atoms with E-state index in [1.807, 2.05) is 0 Å². The van der Waals surface area contributed by atoms with E-state index in [2.05, 4.69) is 43.2 Å². The Morgan fingerprint density at radius 3 is 2.50 bits per heavy atom. The fourth-order valence-corrected chi connectivity index (χ4v) is 2.75. The van der Waals surface area contributed by atoms with Gasteiger partial charge < -0.3 is 15.4 Å². The number of hydrogen-bond acceptors (Lipinski definition) is 3. The quantitative estimate of drug-likeness (QED) is 0.389.